The molecule has 0 aliphatic carbocycles. The fourth-order valence-electron chi connectivity index (χ4n) is 2.68. The highest BCUT2D eigenvalue weighted by Crippen LogP contribution is 2.20. The Balaban J connectivity index is 3.62. The zero-order chi connectivity index (χ0) is 19.7. The lowest BCUT2D eigenvalue weighted by Gasteiger charge is -2.20. The van der Waals surface area contributed by atoms with E-state index in [-0.39, 0.29) is 0 Å². The molecule has 154 valence electrons. The molecule has 0 heterocycles. The van der Waals surface area contributed by atoms with E-state index in [2.05, 4.69) is 6.92 Å². The van der Waals surface area contributed by atoms with Crippen molar-refractivity contribution in [2.45, 2.75) is 111 Å². The van der Waals surface area contributed by atoms with Crippen LogP contribution in [0.5, 0.6) is 0 Å². The second-order valence-electron chi connectivity index (χ2n) is 7.79. The number of ether oxygens (including phenoxy) is 2. The van der Waals surface area contributed by atoms with E-state index in [1.165, 1.54) is 57.8 Å². The summed E-state index contributed by atoms with van der Waals surface area (Å²) in [4.78, 5) is 24.1. The van der Waals surface area contributed by atoms with Gasteiger partial charge in [0.25, 0.3) is 0 Å². The van der Waals surface area contributed by atoms with Crippen LogP contribution in [0.4, 0.5) is 0 Å². The van der Waals surface area contributed by atoms with E-state index in [1.54, 1.807) is 13.8 Å². The summed E-state index contributed by atoms with van der Waals surface area (Å²) >= 11 is 0. The molecule has 0 bridgehead atoms. The topological polar surface area (TPSA) is 52.6 Å². The second kappa shape index (κ2) is 16.1. The third kappa shape index (κ3) is 12.3. The maximum atomic E-state index is 12.1. The second-order valence-corrected chi connectivity index (χ2v) is 7.79. The van der Waals surface area contributed by atoms with Crippen LogP contribution >= 0.6 is 0 Å². The van der Waals surface area contributed by atoms with E-state index in [4.69, 9.17) is 9.47 Å². The Morgan fingerprint density at radius 1 is 0.577 bits per heavy atom. The van der Waals surface area contributed by atoms with Crippen molar-refractivity contribution >= 4 is 11.9 Å². The van der Waals surface area contributed by atoms with Gasteiger partial charge in [0.2, 0.25) is 0 Å². The molecule has 0 saturated carbocycles. The first-order valence-corrected chi connectivity index (χ1v) is 10.8. The minimum absolute atomic E-state index is 0.366. The van der Waals surface area contributed by atoms with Crippen LogP contribution in [0, 0.1) is 5.41 Å². The number of carbonyl (C=O) groups excluding carboxylic acids is 2. The SMILES string of the molecule is CCCCCCCCCCCCCOC(=O)C(C)(C)C(=O)OCCCC. The van der Waals surface area contributed by atoms with Gasteiger partial charge in [0, 0.05) is 0 Å². The smallest absolute Gasteiger partial charge is 0.322 e. The van der Waals surface area contributed by atoms with Crippen molar-refractivity contribution in [3.8, 4) is 0 Å². The molecule has 0 amide bonds. The van der Waals surface area contributed by atoms with Crippen molar-refractivity contribution in [1.82, 2.24) is 0 Å². The van der Waals surface area contributed by atoms with E-state index >= 15 is 0 Å². The van der Waals surface area contributed by atoms with Crippen LogP contribution in [0.15, 0.2) is 0 Å². The number of rotatable bonds is 17. The zero-order valence-corrected chi connectivity index (χ0v) is 17.7. The van der Waals surface area contributed by atoms with Crippen molar-refractivity contribution in [3.05, 3.63) is 0 Å². The number of carbonyl (C=O) groups is 2. The highest BCUT2D eigenvalue weighted by Gasteiger charge is 2.39. The number of esters is 2. The van der Waals surface area contributed by atoms with Gasteiger partial charge in [-0.05, 0) is 26.7 Å². The lowest BCUT2D eigenvalue weighted by atomic mass is 9.94. The Morgan fingerprint density at radius 3 is 1.35 bits per heavy atom. The van der Waals surface area contributed by atoms with E-state index in [9.17, 15) is 9.59 Å². The minimum Gasteiger partial charge on any atom is -0.465 e. The quantitative estimate of drug-likeness (QED) is 0.173. The van der Waals surface area contributed by atoms with Crippen LogP contribution in [0.3, 0.4) is 0 Å². The molecule has 4 nitrogen and oxygen atoms in total. The molecular weight excluding hydrogens is 328 g/mol. The molecule has 0 saturated heterocycles. The molecule has 0 fully saturated rings. The van der Waals surface area contributed by atoms with Crippen LogP contribution in [-0.4, -0.2) is 25.2 Å². The van der Waals surface area contributed by atoms with Gasteiger partial charge < -0.3 is 9.47 Å². The van der Waals surface area contributed by atoms with E-state index < -0.39 is 17.4 Å². The van der Waals surface area contributed by atoms with Gasteiger partial charge in [-0.15, -0.1) is 0 Å². The lowest BCUT2D eigenvalue weighted by molar-refractivity contribution is -0.169. The molecule has 0 unspecified atom stereocenters. The Morgan fingerprint density at radius 2 is 0.923 bits per heavy atom. The third-order valence-electron chi connectivity index (χ3n) is 4.73. The molecule has 0 aromatic carbocycles. The molecule has 4 heteroatoms. The summed E-state index contributed by atoms with van der Waals surface area (Å²) in [7, 11) is 0. The Kier molecular flexibility index (Phi) is 15.5. The molecule has 0 rings (SSSR count). The van der Waals surface area contributed by atoms with Gasteiger partial charge in [0.1, 0.15) is 0 Å². The third-order valence-corrected chi connectivity index (χ3v) is 4.73. The van der Waals surface area contributed by atoms with Gasteiger partial charge in [0.15, 0.2) is 5.41 Å². The molecule has 26 heavy (non-hydrogen) atoms. The van der Waals surface area contributed by atoms with Gasteiger partial charge in [-0.1, -0.05) is 84.5 Å². The number of unbranched alkanes of at least 4 members (excludes halogenated alkanes) is 11. The standard InChI is InChI=1S/C22H42O4/c1-5-7-9-10-11-12-13-14-15-16-17-19-26-21(24)22(3,4)20(23)25-18-8-6-2/h5-19H2,1-4H3. The van der Waals surface area contributed by atoms with Gasteiger partial charge in [-0.25, -0.2) is 0 Å². The van der Waals surface area contributed by atoms with Crippen molar-refractivity contribution in [3.63, 3.8) is 0 Å². The van der Waals surface area contributed by atoms with Crippen LogP contribution in [0.1, 0.15) is 111 Å². The summed E-state index contributed by atoms with van der Waals surface area (Å²) in [6.45, 7) is 8.18. The maximum absolute atomic E-state index is 12.1. The average molecular weight is 371 g/mol. The molecule has 0 aromatic heterocycles. The Bertz CT molecular complexity index is 363. The lowest BCUT2D eigenvalue weighted by Crippen LogP contribution is -2.37. The fraction of sp³-hybridized carbons (Fsp3) is 0.909. The summed E-state index contributed by atoms with van der Waals surface area (Å²) < 4.78 is 10.4. The van der Waals surface area contributed by atoms with Gasteiger partial charge in [-0.3, -0.25) is 9.59 Å². The maximum Gasteiger partial charge on any atom is 0.322 e. The highest BCUT2D eigenvalue weighted by atomic mass is 16.6. The highest BCUT2D eigenvalue weighted by molar-refractivity contribution is 5.99. The molecule has 0 N–H and O–H groups in total. The van der Waals surface area contributed by atoms with E-state index in [0.29, 0.717) is 13.2 Å². The normalized spacial score (nSPS) is 11.4. The summed E-state index contributed by atoms with van der Waals surface area (Å²) in [5, 5.41) is 0. The first kappa shape index (κ1) is 24.9. The predicted molar refractivity (Wildman–Crippen MR) is 107 cm³/mol. The first-order chi connectivity index (χ1) is 12.5. The number of hydrogen-bond acceptors (Lipinski definition) is 4. The van der Waals surface area contributed by atoms with Crippen molar-refractivity contribution in [1.29, 1.82) is 0 Å². The Labute approximate surface area is 161 Å². The zero-order valence-electron chi connectivity index (χ0n) is 17.7. The fourth-order valence-corrected chi connectivity index (χ4v) is 2.68. The summed E-state index contributed by atoms with van der Waals surface area (Å²) in [6.07, 6.45) is 15.6. The molecule has 0 aliphatic rings. The van der Waals surface area contributed by atoms with E-state index in [1.807, 2.05) is 6.92 Å². The van der Waals surface area contributed by atoms with Crippen LogP contribution in [0.25, 0.3) is 0 Å². The molecule has 0 aromatic rings. The largest absolute Gasteiger partial charge is 0.465 e. The summed E-state index contributed by atoms with van der Waals surface area (Å²) in [5.74, 6) is -0.971. The van der Waals surface area contributed by atoms with Crippen LogP contribution in [-0.2, 0) is 19.1 Å². The molecule has 0 spiro atoms. The van der Waals surface area contributed by atoms with E-state index in [0.717, 1.165) is 25.7 Å². The van der Waals surface area contributed by atoms with Gasteiger partial charge >= 0.3 is 11.9 Å². The van der Waals surface area contributed by atoms with Crippen molar-refractivity contribution in [2.24, 2.45) is 5.41 Å². The van der Waals surface area contributed by atoms with Gasteiger partial charge in [-0.2, -0.15) is 0 Å². The van der Waals surface area contributed by atoms with Crippen molar-refractivity contribution < 1.29 is 19.1 Å². The van der Waals surface area contributed by atoms with Crippen LogP contribution in [0.2, 0.25) is 0 Å². The molecular formula is C22H42O4. The molecule has 0 radical (unpaired) electrons. The van der Waals surface area contributed by atoms with Crippen molar-refractivity contribution in [2.75, 3.05) is 13.2 Å². The summed E-state index contributed by atoms with van der Waals surface area (Å²) in [6, 6.07) is 0. The summed E-state index contributed by atoms with van der Waals surface area (Å²) in [5.41, 5.74) is -1.22. The number of hydrogen-bond donors (Lipinski definition) is 0. The minimum atomic E-state index is -1.22. The monoisotopic (exact) mass is 370 g/mol. The first-order valence-electron chi connectivity index (χ1n) is 10.8. The Hall–Kier alpha value is -1.06. The van der Waals surface area contributed by atoms with Gasteiger partial charge in [0.05, 0.1) is 13.2 Å². The predicted octanol–water partition coefficient (Wildman–Crippen LogP) is 6.21. The van der Waals surface area contributed by atoms with Crippen LogP contribution < -0.4 is 0 Å². The molecule has 0 aliphatic heterocycles. The molecule has 0 atom stereocenters. The average Bonchev–Trinajstić information content (AvgIpc) is 2.62.